The molecule has 0 aromatic heterocycles. The topological polar surface area (TPSA) is 63.6 Å². The van der Waals surface area contributed by atoms with Gasteiger partial charge in [0.1, 0.15) is 11.6 Å². The number of hydrogen-bond acceptors (Lipinski definition) is 3. The first-order valence-corrected chi connectivity index (χ1v) is 3.66. The number of aldehydes is 1. The third-order valence-electron chi connectivity index (χ3n) is 1.68. The van der Waals surface area contributed by atoms with Gasteiger partial charge >= 0.3 is 5.97 Å². The Bertz CT molecular complexity index is 387. The monoisotopic (exact) mass is 198 g/mol. The van der Waals surface area contributed by atoms with Gasteiger partial charge in [-0.15, -0.1) is 0 Å². The Labute approximate surface area is 78.9 Å². The number of carboxylic acids is 1. The zero-order chi connectivity index (χ0) is 10.7. The summed E-state index contributed by atoms with van der Waals surface area (Å²) in [6, 6.07) is 1.80. The Morgan fingerprint density at radius 3 is 2.64 bits per heavy atom. The summed E-state index contributed by atoms with van der Waals surface area (Å²) in [5.41, 5.74) is -0.542. The SMILES string of the molecule is COc1cc(F)c(C(=O)O)cc1C=O. The minimum atomic E-state index is -1.42. The van der Waals surface area contributed by atoms with Gasteiger partial charge in [-0.05, 0) is 6.07 Å². The molecule has 0 fully saturated rings. The minimum Gasteiger partial charge on any atom is -0.496 e. The molecule has 74 valence electrons. The van der Waals surface area contributed by atoms with E-state index in [2.05, 4.69) is 4.74 Å². The molecule has 4 nitrogen and oxygen atoms in total. The number of halogens is 1. The molecule has 0 heterocycles. The van der Waals surface area contributed by atoms with Gasteiger partial charge in [0, 0.05) is 6.07 Å². The van der Waals surface area contributed by atoms with Crippen LogP contribution in [0.5, 0.6) is 5.75 Å². The fourth-order valence-corrected chi connectivity index (χ4v) is 1.00. The third kappa shape index (κ3) is 1.71. The second-order valence-electron chi connectivity index (χ2n) is 2.50. The van der Waals surface area contributed by atoms with Crippen LogP contribution < -0.4 is 4.74 Å². The van der Waals surface area contributed by atoms with Crippen molar-refractivity contribution in [3.63, 3.8) is 0 Å². The summed E-state index contributed by atoms with van der Waals surface area (Å²) in [6.07, 6.45) is 0.407. The number of methoxy groups -OCH3 is 1. The van der Waals surface area contributed by atoms with Crippen molar-refractivity contribution >= 4 is 12.3 Å². The second kappa shape index (κ2) is 3.87. The number of benzene rings is 1. The molecule has 0 atom stereocenters. The molecule has 0 aliphatic heterocycles. The quantitative estimate of drug-likeness (QED) is 0.744. The van der Waals surface area contributed by atoms with Crippen LogP contribution in [0.1, 0.15) is 20.7 Å². The lowest BCUT2D eigenvalue weighted by atomic mass is 10.1. The molecule has 1 aromatic carbocycles. The van der Waals surface area contributed by atoms with Crippen molar-refractivity contribution in [1.29, 1.82) is 0 Å². The molecule has 1 N–H and O–H groups in total. The van der Waals surface area contributed by atoms with Crippen molar-refractivity contribution < 1.29 is 23.8 Å². The Balaban J connectivity index is 3.37. The maximum Gasteiger partial charge on any atom is 0.338 e. The van der Waals surface area contributed by atoms with E-state index in [1.807, 2.05) is 0 Å². The molecule has 1 rings (SSSR count). The average Bonchev–Trinajstić information content (AvgIpc) is 2.16. The predicted octanol–water partition coefficient (Wildman–Crippen LogP) is 1.34. The molecular weight excluding hydrogens is 191 g/mol. The van der Waals surface area contributed by atoms with Crippen molar-refractivity contribution in [2.45, 2.75) is 0 Å². The number of carboxylic acid groups (broad SMARTS) is 1. The van der Waals surface area contributed by atoms with Crippen molar-refractivity contribution in [2.75, 3.05) is 7.11 Å². The Morgan fingerprint density at radius 1 is 1.57 bits per heavy atom. The van der Waals surface area contributed by atoms with E-state index in [9.17, 15) is 14.0 Å². The Kier molecular flexibility index (Phi) is 2.81. The van der Waals surface area contributed by atoms with Crippen molar-refractivity contribution in [2.24, 2.45) is 0 Å². The van der Waals surface area contributed by atoms with E-state index in [0.717, 1.165) is 12.1 Å². The van der Waals surface area contributed by atoms with Crippen molar-refractivity contribution in [1.82, 2.24) is 0 Å². The van der Waals surface area contributed by atoms with Gasteiger partial charge in [0.05, 0.1) is 18.2 Å². The van der Waals surface area contributed by atoms with Crippen LogP contribution in [0.4, 0.5) is 4.39 Å². The highest BCUT2D eigenvalue weighted by Gasteiger charge is 2.14. The molecule has 0 saturated heterocycles. The highest BCUT2D eigenvalue weighted by atomic mass is 19.1. The average molecular weight is 198 g/mol. The number of hydrogen-bond donors (Lipinski definition) is 1. The first-order valence-electron chi connectivity index (χ1n) is 3.66. The van der Waals surface area contributed by atoms with Gasteiger partial charge in [-0.25, -0.2) is 9.18 Å². The van der Waals surface area contributed by atoms with Gasteiger partial charge in [-0.1, -0.05) is 0 Å². The summed E-state index contributed by atoms with van der Waals surface area (Å²) in [7, 11) is 1.27. The van der Waals surface area contributed by atoms with E-state index in [0.29, 0.717) is 6.29 Å². The molecule has 0 amide bonds. The van der Waals surface area contributed by atoms with Crippen LogP contribution in [-0.4, -0.2) is 24.5 Å². The molecule has 0 unspecified atom stereocenters. The summed E-state index contributed by atoms with van der Waals surface area (Å²) < 4.78 is 17.7. The van der Waals surface area contributed by atoms with Gasteiger partial charge in [0.15, 0.2) is 6.29 Å². The van der Waals surface area contributed by atoms with E-state index in [1.165, 1.54) is 7.11 Å². The van der Waals surface area contributed by atoms with E-state index in [-0.39, 0.29) is 11.3 Å². The fraction of sp³-hybridized carbons (Fsp3) is 0.111. The lowest BCUT2D eigenvalue weighted by molar-refractivity contribution is 0.0692. The lowest BCUT2D eigenvalue weighted by Crippen LogP contribution is -2.03. The Hall–Kier alpha value is -1.91. The molecule has 0 aliphatic rings. The number of rotatable bonds is 3. The normalized spacial score (nSPS) is 9.57. The first kappa shape index (κ1) is 10.2. The van der Waals surface area contributed by atoms with Gasteiger partial charge in [-0.2, -0.15) is 0 Å². The molecule has 0 radical (unpaired) electrons. The molecule has 0 spiro atoms. The maximum absolute atomic E-state index is 13.0. The maximum atomic E-state index is 13.0. The summed E-state index contributed by atoms with van der Waals surface area (Å²) in [5, 5.41) is 8.55. The smallest absolute Gasteiger partial charge is 0.338 e. The minimum absolute atomic E-state index is 0.00583. The van der Waals surface area contributed by atoms with Gasteiger partial charge in [-0.3, -0.25) is 4.79 Å². The zero-order valence-corrected chi connectivity index (χ0v) is 7.28. The van der Waals surface area contributed by atoms with Crippen LogP contribution in [0, 0.1) is 5.82 Å². The molecule has 0 saturated carbocycles. The predicted molar refractivity (Wildman–Crippen MR) is 45.3 cm³/mol. The number of carbonyl (C=O) groups excluding carboxylic acids is 1. The van der Waals surface area contributed by atoms with E-state index in [4.69, 9.17) is 5.11 Å². The third-order valence-corrected chi connectivity index (χ3v) is 1.68. The van der Waals surface area contributed by atoms with E-state index < -0.39 is 17.3 Å². The van der Waals surface area contributed by atoms with Gasteiger partial charge in [0.25, 0.3) is 0 Å². The van der Waals surface area contributed by atoms with Gasteiger partial charge < -0.3 is 9.84 Å². The molecular formula is C9H7FO4. The van der Waals surface area contributed by atoms with Crippen molar-refractivity contribution in [3.05, 3.63) is 29.1 Å². The lowest BCUT2D eigenvalue weighted by Gasteiger charge is -2.05. The molecule has 0 aliphatic carbocycles. The number of ether oxygens (including phenoxy) is 1. The molecule has 0 bridgehead atoms. The van der Waals surface area contributed by atoms with Crippen LogP contribution in [0.3, 0.4) is 0 Å². The molecule has 14 heavy (non-hydrogen) atoms. The molecule has 1 aromatic rings. The second-order valence-corrected chi connectivity index (χ2v) is 2.50. The standard InChI is InChI=1S/C9H7FO4/c1-14-8-3-7(10)6(9(12)13)2-5(8)4-11/h2-4H,1H3,(H,12,13). The Morgan fingerprint density at radius 2 is 2.21 bits per heavy atom. The summed E-state index contributed by atoms with van der Waals surface area (Å²) in [4.78, 5) is 21.0. The summed E-state index contributed by atoms with van der Waals surface area (Å²) >= 11 is 0. The van der Waals surface area contributed by atoms with E-state index in [1.54, 1.807) is 0 Å². The van der Waals surface area contributed by atoms with Gasteiger partial charge in [0.2, 0.25) is 0 Å². The van der Waals surface area contributed by atoms with Crippen LogP contribution in [0.25, 0.3) is 0 Å². The summed E-state index contributed by atoms with van der Waals surface area (Å²) in [6.45, 7) is 0. The highest BCUT2D eigenvalue weighted by Crippen LogP contribution is 2.21. The number of carbonyl (C=O) groups is 2. The van der Waals surface area contributed by atoms with E-state index >= 15 is 0 Å². The fourth-order valence-electron chi connectivity index (χ4n) is 1.00. The van der Waals surface area contributed by atoms with Crippen LogP contribution in [0.2, 0.25) is 0 Å². The molecule has 5 heteroatoms. The van der Waals surface area contributed by atoms with Crippen LogP contribution in [0.15, 0.2) is 12.1 Å². The summed E-state index contributed by atoms with van der Waals surface area (Å²) in [5.74, 6) is -2.34. The van der Waals surface area contributed by atoms with Crippen molar-refractivity contribution in [3.8, 4) is 5.75 Å². The first-order chi connectivity index (χ1) is 6.60. The highest BCUT2D eigenvalue weighted by molar-refractivity contribution is 5.91. The number of aromatic carboxylic acids is 1. The van der Waals surface area contributed by atoms with Crippen LogP contribution >= 0.6 is 0 Å². The zero-order valence-electron chi connectivity index (χ0n) is 7.28. The largest absolute Gasteiger partial charge is 0.496 e. The van der Waals surface area contributed by atoms with Crippen LogP contribution in [-0.2, 0) is 0 Å².